The maximum absolute atomic E-state index is 2.30. The third-order valence-electron chi connectivity index (χ3n) is 12.2. The third kappa shape index (κ3) is 59.2. The van der Waals surface area contributed by atoms with Crippen molar-refractivity contribution in [2.45, 2.75) is 308 Å². The number of nitrogens with zero attached hydrogens (tertiary/aromatic N) is 14. The summed E-state index contributed by atoms with van der Waals surface area (Å²) in [6.07, 6.45) is 62.6. The molecule has 87 heavy (non-hydrogen) atoms. The maximum Gasteiger partial charge on any atom is 0.253 e. The smallest absolute Gasteiger partial charge is 0.240 e. The summed E-state index contributed by atoms with van der Waals surface area (Å²) in [5.74, 6) is 1.33. The second kappa shape index (κ2) is 74.7. The summed E-state index contributed by atoms with van der Waals surface area (Å²) in [7, 11) is 14.4. The lowest BCUT2D eigenvalue weighted by Crippen LogP contribution is -2.29. The fourth-order valence-corrected chi connectivity index (χ4v) is 7.39. The van der Waals surface area contributed by atoms with E-state index in [0.717, 1.165) is 39.3 Å². The number of hydrogen-bond donors (Lipinski definition) is 0. The molecule has 0 aliphatic rings. The molecule has 0 N–H and O–H groups in total. The molecule has 0 aromatic carbocycles. The molecule has 0 saturated heterocycles. The highest BCUT2D eigenvalue weighted by Gasteiger charge is 2.07. The van der Waals surface area contributed by atoms with Crippen LogP contribution in [0.25, 0.3) is 0 Å². The highest BCUT2D eigenvalue weighted by molar-refractivity contribution is 4.79. The molecule has 0 amide bonds. The molecule has 7 aromatic rings. The van der Waals surface area contributed by atoms with Crippen molar-refractivity contribution < 1.29 is 32.0 Å². The number of rotatable bonds is 23. The summed E-state index contributed by atoms with van der Waals surface area (Å²) in [6.45, 7) is 25.7. The van der Waals surface area contributed by atoms with Gasteiger partial charge < -0.3 is 0 Å². The molecule has 0 fully saturated rings. The van der Waals surface area contributed by atoms with Gasteiger partial charge in [0, 0.05) is 6.92 Å². The lowest BCUT2D eigenvalue weighted by molar-refractivity contribution is -0.677. The van der Waals surface area contributed by atoms with Crippen LogP contribution in [0.5, 0.6) is 0 Å². The van der Waals surface area contributed by atoms with Gasteiger partial charge in [0.1, 0.15) is 86.8 Å². The fourth-order valence-electron chi connectivity index (χ4n) is 7.39. The minimum atomic E-state index is 0. The maximum atomic E-state index is 2.30. The van der Waals surface area contributed by atoms with Crippen LogP contribution in [-0.2, 0) is 95.1 Å². The van der Waals surface area contributed by atoms with Crippen LogP contribution in [0.3, 0.4) is 0 Å². The van der Waals surface area contributed by atoms with E-state index in [1.165, 1.54) is 115 Å². The van der Waals surface area contributed by atoms with Gasteiger partial charge in [-0.1, -0.05) is 204 Å². The van der Waals surface area contributed by atoms with Gasteiger partial charge in [-0.3, -0.25) is 0 Å². The average Bonchev–Trinajstić information content (AvgIpc) is 4.29. The molecule has 14 nitrogen and oxygen atoms in total. The quantitative estimate of drug-likeness (QED) is 0.0453. The average molecular weight is 1240 g/mol. The van der Waals surface area contributed by atoms with Crippen LogP contribution >= 0.6 is 0 Å². The predicted molar refractivity (Wildman–Crippen MR) is 392 cm³/mol. The van der Waals surface area contributed by atoms with Crippen LogP contribution in [0.15, 0.2) is 125 Å². The Hall–Kier alpha value is -5.53. The molecule has 14 heteroatoms. The van der Waals surface area contributed by atoms with Gasteiger partial charge in [0.25, 0.3) is 5.82 Å². The van der Waals surface area contributed by atoms with Crippen molar-refractivity contribution in [1.29, 1.82) is 0 Å². The Balaban J connectivity index is -0.0000000580. The number of hydrogen-bond acceptors (Lipinski definition) is 0. The van der Waals surface area contributed by atoms with E-state index >= 15 is 0 Å². The van der Waals surface area contributed by atoms with Gasteiger partial charge in [-0.2, -0.15) is 0 Å². The van der Waals surface area contributed by atoms with Crippen molar-refractivity contribution in [3.05, 3.63) is 131 Å². The van der Waals surface area contributed by atoms with Crippen LogP contribution in [0.4, 0.5) is 0 Å². The summed E-state index contributed by atoms with van der Waals surface area (Å²) >= 11 is 0. The second-order valence-corrected chi connectivity index (χ2v) is 19.7. The molecule has 0 spiro atoms. The van der Waals surface area contributed by atoms with E-state index in [1.54, 1.807) is 0 Å². The Labute approximate surface area is 549 Å². The first-order valence-electron chi connectivity index (χ1n) is 28.3. The van der Waals surface area contributed by atoms with E-state index in [-0.39, 0.29) is 104 Å². The number of aryl methyl sites for hydroxylation is 14. The molecule has 522 valence electrons. The first-order valence-corrected chi connectivity index (χ1v) is 28.3. The predicted octanol–water partition coefficient (Wildman–Crippen LogP) is 17.8. The van der Waals surface area contributed by atoms with Gasteiger partial charge in [0.15, 0.2) is 0 Å². The fraction of sp³-hybridized carbons (Fsp3) is 0.712. The van der Waals surface area contributed by atoms with Crippen LogP contribution in [0, 0.1) is 6.92 Å². The molecule has 7 rings (SSSR count). The standard InChI is InChI=1S/C10H19N2.C9H17N2.5C8H15N2.14CH4/c1-3-4-5-6-7-12-9-8-11(2)10-12;1-4-5-6-11-8-7-10(3)9(11)2;5*1-3-4-5-10-7-6-9(2)8-10;;;;;;;;;;;;;;/h8-10H,3-7H2,1-2H3;7-8H,4-6H2,1-3H3;5*6-8H,3-5H2,1-2H3;14*1H4/q7*+1;;;;;;;;;;;;;;. The van der Waals surface area contributed by atoms with Crippen LogP contribution in [-0.4, -0.2) is 32.0 Å². The molecule has 0 unspecified atom stereocenters. The molecule has 7 aromatic heterocycles. The lowest BCUT2D eigenvalue weighted by atomic mass is 10.2. The monoisotopic (exact) mass is 1240 g/mol. The zero-order valence-corrected chi connectivity index (χ0v) is 49.6. The molecule has 0 aliphatic carbocycles. The Kier molecular flexibility index (Phi) is 99.5. The molecular formula is C73H167N14+7. The molecule has 0 aliphatic heterocycles. The molecule has 0 radical (unpaired) electrons. The van der Waals surface area contributed by atoms with Crippen molar-refractivity contribution in [2.24, 2.45) is 49.3 Å². The first-order chi connectivity index (χ1) is 35.2. The highest BCUT2D eigenvalue weighted by Crippen LogP contribution is 2.01. The zero-order valence-electron chi connectivity index (χ0n) is 49.6. The normalized spacial score (nSPS) is 8.63. The second-order valence-electron chi connectivity index (χ2n) is 19.7. The van der Waals surface area contributed by atoms with Crippen LogP contribution < -0.4 is 32.0 Å². The summed E-state index contributed by atoms with van der Waals surface area (Å²) < 4.78 is 30.2. The first kappa shape index (κ1) is 116. The minimum Gasteiger partial charge on any atom is -0.240 e. The van der Waals surface area contributed by atoms with Gasteiger partial charge in [-0.25, -0.2) is 63.9 Å². The van der Waals surface area contributed by atoms with Gasteiger partial charge in [-0.05, 0) is 51.4 Å². The van der Waals surface area contributed by atoms with Gasteiger partial charge in [0.05, 0.1) is 95.1 Å². The van der Waals surface area contributed by atoms with Crippen LogP contribution in [0.1, 0.15) is 261 Å². The number of imidazole rings is 7. The van der Waals surface area contributed by atoms with Crippen LogP contribution in [0.2, 0.25) is 0 Å². The summed E-state index contributed by atoms with van der Waals surface area (Å²) in [5, 5.41) is 0. The Morgan fingerprint density at radius 2 is 0.437 bits per heavy atom. The van der Waals surface area contributed by atoms with Crippen molar-refractivity contribution in [3.63, 3.8) is 0 Å². The lowest BCUT2D eigenvalue weighted by Gasteiger charge is -1.95. The SMILES string of the molecule is C.C.C.C.C.C.C.C.C.C.C.C.C.C.CCCCCCn1cc[n+](C)c1.CCCCn1cc[n+](C)c1.CCCCn1cc[n+](C)c1.CCCCn1cc[n+](C)c1.CCCCn1cc[n+](C)c1.CCCCn1cc[n+](C)c1.CCCCn1cc[n+](C)c1C. The van der Waals surface area contributed by atoms with E-state index < -0.39 is 0 Å². The van der Waals surface area contributed by atoms with E-state index in [4.69, 9.17) is 0 Å². The third-order valence-corrected chi connectivity index (χ3v) is 12.2. The number of aromatic nitrogens is 14. The summed E-state index contributed by atoms with van der Waals surface area (Å²) in [4.78, 5) is 0. The molecule has 0 bridgehead atoms. The van der Waals surface area contributed by atoms with Crippen molar-refractivity contribution in [1.82, 2.24) is 32.0 Å². The van der Waals surface area contributed by atoms with Gasteiger partial charge in [0.2, 0.25) is 38.0 Å². The molecule has 0 saturated carbocycles. The summed E-state index contributed by atoms with van der Waals surface area (Å²) in [5.41, 5.74) is 0. The van der Waals surface area contributed by atoms with E-state index in [1.807, 2.05) is 35.2 Å². The van der Waals surface area contributed by atoms with E-state index in [2.05, 4.69) is 258 Å². The van der Waals surface area contributed by atoms with E-state index in [0.29, 0.717) is 0 Å². The molecule has 7 heterocycles. The highest BCUT2D eigenvalue weighted by atomic mass is 15.1. The molecular weight excluding hydrogens is 1070 g/mol. The Morgan fingerprint density at radius 3 is 0.598 bits per heavy atom. The van der Waals surface area contributed by atoms with Crippen molar-refractivity contribution in [2.75, 3.05) is 0 Å². The Morgan fingerprint density at radius 1 is 0.241 bits per heavy atom. The minimum absolute atomic E-state index is 0. The Bertz CT molecular complexity index is 2040. The van der Waals surface area contributed by atoms with Crippen molar-refractivity contribution in [3.8, 4) is 0 Å². The zero-order chi connectivity index (χ0) is 54.1. The summed E-state index contributed by atoms with van der Waals surface area (Å²) in [6, 6.07) is 0. The number of unbranched alkanes of at least 4 members (excludes halogenated alkanes) is 9. The topological polar surface area (TPSA) is 61.7 Å². The van der Waals surface area contributed by atoms with E-state index in [9.17, 15) is 0 Å². The van der Waals surface area contributed by atoms with Gasteiger partial charge in [-0.15, -0.1) is 0 Å². The van der Waals surface area contributed by atoms with Crippen molar-refractivity contribution >= 4 is 0 Å². The van der Waals surface area contributed by atoms with Gasteiger partial charge >= 0.3 is 0 Å². The molecule has 0 atom stereocenters. The largest absolute Gasteiger partial charge is 0.253 e.